The summed E-state index contributed by atoms with van der Waals surface area (Å²) in [6.07, 6.45) is 2.77. The molecule has 1 aliphatic heterocycles. The molecule has 6 heteroatoms. The number of amides is 1. The van der Waals surface area contributed by atoms with Gasteiger partial charge in [-0.3, -0.25) is 9.52 Å². The van der Waals surface area contributed by atoms with Gasteiger partial charge in [-0.15, -0.1) is 0 Å². The van der Waals surface area contributed by atoms with Crippen molar-refractivity contribution in [2.75, 3.05) is 26.0 Å². The van der Waals surface area contributed by atoms with Crippen LogP contribution in [0, 0.1) is 11.3 Å². The molecule has 106 valence electrons. The summed E-state index contributed by atoms with van der Waals surface area (Å²) in [6.45, 7) is 7.02. The Morgan fingerprint density at radius 1 is 1.56 bits per heavy atom. The summed E-state index contributed by atoms with van der Waals surface area (Å²) in [5.74, 6) is 0.122. The molecule has 0 radical (unpaired) electrons. The van der Waals surface area contributed by atoms with E-state index in [1.165, 1.54) is 11.9 Å². The molecule has 1 heterocycles. The number of nitrogens with one attached hydrogen (secondary N) is 1. The number of carbonyl (C=O) groups is 1. The number of likely N-dealkylation sites (tertiary alicyclic amines) is 1. The first-order chi connectivity index (χ1) is 8.40. The van der Waals surface area contributed by atoms with E-state index in [0.29, 0.717) is 6.54 Å². The maximum absolute atomic E-state index is 12.2. The van der Waals surface area contributed by atoms with Gasteiger partial charge in [0.1, 0.15) is 0 Å². The summed E-state index contributed by atoms with van der Waals surface area (Å²) in [7, 11) is 0. The highest BCUT2D eigenvalue weighted by Crippen LogP contribution is 2.24. The first-order valence-electron chi connectivity index (χ1n) is 6.21. The molecule has 0 aromatic carbocycles. The van der Waals surface area contributed by atoms with Crippen molar-refractivity contribution in [3.05, 3.63) is 0 Å². The summed E-state index contributed by atoms with van der Waals surface area (Å²) in [4.78, 5) is 17.8. The summed E-state index contributed by atoms with van der Waals surface area (Å²) >= 11 is 1.52. The number of carbonyl (C=O) groups excluding carboxylic acids is 1. The van der Waals surface area contributed by atoms with Gasteiger partial charge in [0, 0.05) is 30.5 Å². The van der Waals surface area contributed by atoms with Gasteiger partial charge in [0.25, 0.3) is 0 Å². The quantitative estimate of drug-likeness (QED) is 0.799. The molecule has 4 nitrogen and oxygen atoms in total. The van der Waals surface area contributed by atoms with Crippen LogP contribution in [0.1, 0.15) is 27.2 Å². The average molecular weight is 278 g/mol. The second-order valence-electron chi connectivity index (χ2n) is 5.75. The van der Waals surface area contributed by atoms with Gasteiger partial charge >= 0.3 is 0 Å². The zero-order chi connectivity index (χ0) is 13.8. The summed E-state index contributed by atoms with van der Waals surface area (Å²) in [5, 5.41) is 0. The fourth-order valence-electron chi connectivity index (χ4n) is 2.25. The van der Waals surface area contributed by atoms with Crippen molar-refractivity contribution in [1.29, 1.82) is 0 Å². The normalized spacial score (nSPS) is 25.3. The third-order valence-electron chi connectivity index (χ3n) is 3.21. The Morgan fingerprint density at radius 2 is 2.22 bits per heavy atom. The molecule has 0 aromatic heterocycles. The van der Waals surface area contributed by atoms with E-state index in [9.17, 15) is 9.32 Å². The summed E-state index contributed by atoms with van der Waals surface area (Å²) < 4.78 is 15.4. The van der Waals surface area contributed by atoms with E-state index in [0.717, 1.165) is 13.0 Å². The Kier molecular flexibility index (Phi) is 5.88. The lowest BCUT2D eigenvalue weighted by Crippen LogP contribution is -2.53. The lowest BCUT2D eigenvalue weighted by molar-refractivity contribution is -0.159. The SMILES string of the molecule is CSNC1CCN(C(=O)C(C)(C)C)CC1COF. The van der Waals surface area contributed by atoms with Crippen LogP contribution in [-0.2, 0) is 9.74 Å². The predicted molar refractivity (Wildman–Crippen MR) is 71.6 cm³/mol. The van der Waals surface area contributed by atoms with Crippen LogP contribution in [0.5, 0.6) is 0 Å². The Balaban J connectivity index is 2.65. The minimum atomic E-state index is -0.388. The molecule has 0 aromatic rings. The Labute approximate surface area is 113 Å². The van der Waals surface area contributed by atoms with Crippen molar-refractivity contribution in [2.24, 2.45) is 11.3 Å². The fraction of sp³-hybridized carbons (Fsp3) is 0.917. The van der Waals surface area contributed by atoms with Crippen LogP contribution >= 0.6 is 11.9 Å². The van der Waals surface area contributed by atoms with Crippen molar-refractivity contribution in [3.8, 4) is 0 Å². The van der Waals surface area contributed by atoms with E-state index >= 15 is 0 Å². The molecule has 18 heavy (non-hydrogen) atoms. The van der Waals surface area contributed by atoms with Gasteiger partial charge in [0.15, 0.2) is 0 Å². The van der Waals surface area contributed by atoms with E-state index in [-0.39, 0.29) is 29.9 Å². The van der Waals surface area contributed by atoms with Crippen LogP contribution in [-0.4, -0.2) is 42.8 Å². The van der Waals surface area contributed by atoms with Gasteiger partial charge in [-0.05, 0) is 17.2 Å². The second-order valence-corrected chi connectivity index (χ2v) is 6.40. The van der Waals surface area contributed by atoms with Crippen molar-refractivity contribution < 1.29 is 14.3 Å². The highest BCUT2D eigenvalue weighted by Gasteiger charge is 2.35. The molecule has 1 fully saturated rings. The molecular formula is C12H23FN2O2S. The Hall–Kier alpha value is -0.330. The van der Waals surface area contributed by atoms with Gasteiger partial charge in [0.2, 0.25) is 5.91 Å². The molecule has 0 aliphatic carbocycles. The summed E-state index contributed by atoms with van der Waals surface area (Å²) in [5.41, 5.74) is -0.388. The van der Waals surface area contributed by atoms with Crippen LogP contribution in [0.4, 0.5) is 4.53 Å². The maximum Gasteiger partial charge on any atom is 0.227 e. The monoisotopic (exact) mass is 278 g/mol. The van der Waals surface area contributed by atoms with Crippen molar-refractivity contribution in [2.45, 2.75) is 33.2 Å². The third kappa shape index (κ3) is 4.10. The van der Waals surface area contributed by atoms with Crippen LogP contribution in [0.25, 0.3) is 0 Å². The van der Waals surface area contributed by atoms with Gasteiger partial charge in [-0.25, -0.2) is 0 Å². The molecular weight excluding hydrogens is 255 g/mol. The van der Waals surface area contributed by atoms with Gasteiger partial charge in [-0.1, -0.05) is 32.7 Å². The molecule has 1 rings (SSSR count). The predicted octanol–water partition coefficient (Wildman–Crippen LogP) is 2.02. The van der Waals surface area contributed by atoms with Crippen molar-refractivity contribution in [1.82, 2.24) is 9.62 Å². The zero-order valence-corrected chi connectivity index (χ0v) is 12.3. The number of hydrogen-bond acceptors (Lipinski definition) is 4. The molecule has 1 N–H and O–H groups in total. The fourth-order valence-corrected chi connectivity index (χ4v) is 2.86. The largest absolute Gasteiger partial charge is 0.342 e. The third-order valence-corrected chi connectivity index (χ3v) is 3.75. The van der Waals surface area contributed by atoms with Crippen LogP contribution in [0.15, 0.2) is 0 Å². The highest BCUT2D eigenvalue weighted by atomic mass is 32.2. The minimum absolute atomic E-state index is 0.00231. The second kappa shape index (κ2) is 6.73. The molecule has 2 atom stereocenters. The Bertz CT molecular complexity index is 284. The van der Waals surface area contributed by atoms with Gasteiger partial charge < -0.3 is 4.90 Å². The lowest BCUT2D eigenvalue weighted by atomic mass is 9.89. The van der Waals surface area contributed by atoms with Crippen LogP contribution < -0.4 is 4.72 Å². The topological polar surface area (TPSA) is 41.6 Å². The average Bonchev–Trinajstić information content (AvgIpc) is 2.30. The van der Waals surface area contributed by atoms with E-state index in [2.05, 4.69) is 9.66 Å². The lowest BCUT2D eigenvalue weighted by Gasteiger charge is -2.40. The smallest absolute Gasteiger partial charge is 0.227 e. The maximum atomic E-state index is 12.2. The standard InChI is InChI=1S/C12H23FN2O2S/c1-12(2,3)11(16)15-6-5-10(14-18-4)9(7-15)8-17-13/h9-10,14H,5-8H2,1-4H3. The zero-order valence-electron chi connectivity index (χ0n) is 11.5. The number of rotatable bonds is 4. The molecule has 1 aliphatic rings. The van der Waals surface area contributed by atoms with E-state index < -0.39 is 0 Å². The number of piperidine rings is 1. The Morgan fingerprint density at radius 3 is 2.72 bits per heavy atom. The number of hydrogen-bond donors (Lipinski definition) is 1. The first kappa shape index (κ1) is 15.7. The highest BCUT2D eigenvalue weighted by molar-refractivity contribution is 7.96. The van der Waals surface area contributed by atoms with Crippen molar-refractivity contribution >= 4 is 17.9 Å². The molecule has 2 unspecified atom stereocenters. The van der Waals surface area contributed by atoms with Crippen LogP contribution in [0.2, 0.25) is 0 Å². The van der Waals surface area contributed by atoms with Gasteiger partial charge in [-0.2, -0.15) is 4.94 Å². The first-order valence-corrected chi connectivity index (χ1v) is 7.44. The van der Waals surface area contributed by atoms with E-state index in [1.807, 2.05) is 31.9 Å². The van der Waals surface area contributed by atoms with Crippen LogP contribution in [0.3, 0.4) is 0 Å². The molecule has 0 spiro atoms. The molecule has 0 saturated carbocycles. The molecule has 0 bridgehead atoms. The summed E-state index contributed by atoms with van der Waals surface area (Å²) in [6, 6.07) is 0.194. The number of halogens is 1. The minimum Gasteiger partial charge on any atom is -0.342 e. The van der Waals surface area contributed by atoms with Crippen molar-refractivity contribution in [3.63, 3.8) is 0 Å². The van der Waals surface area contributed by atoms with E-state index in [1.54, 1.807) is 0 Å². The molecule has 1 amide bonds. The van der Waals surface area contributed by atoms with E-state index in [4.69, 9.17) is 0 Å². The van der Waals surface area contributed by atoms with Gasteiger partial charge in [0.05, 0.1) is 6.61 Å². The number of nitrogens with zero attached hydrogens (tertiary/aromatic N) is 1. The molecule has 1 saturated heterocycles.